The Kier molecular flexibility index (Phi) is 7.62. The lowest BCUT2D eigenvalue weighted by atomic mass is 10.4. The largest absolute Gasteiger partial charge is 0.318 e. The van der Waals surface area contributed by atoms with Gasteiger partial charge in [0.2, 0.25) is 10.0 Å². The highest BCUT2D eigenvalue weighted by atomic mass is 79.9. The molecule has 0 unspecified atom stereocenters. The van der Waals surface area contributed by atoms with Crippen LogP contribution in [0.25, 0.3) is 0 Å². The third kappa shape index (κ3) is 5.11. The molecule has 1 rings (SSSR count). The Morgan fingerprint density at radius 3 is 2.53 bits per heavy atom. The van der Waals surface area contributed by atoms with Crippen molar-refractivity contribution in [1.29, 1.82) is 0 Å². The van der Waals surface area contributed by atoms with Crippen LogP contribution in [-0.4, -0.2) is 28.6 Å². The van der Waals surface area contributed by atoms with Gasteiger partial charge in [0.15, 0.2) is 0 Å². The van der Waals surface area contributed by atoms with Gasteiger partial charge in [-0.3, -0.25) is 0 Å². The first kappa shape index (κ1) is 17.2. The fourth-order valence-corrected chi connectivity index (χ4v) is 3.49. The average molecular weight is 364 g/mol. The van der Waals surface area contributed by atoms with Crippen molar-refractivity contribution in [2.45, 2.75) is 4.90 Å². The standard InChI is InChI=1S/C9H12BrClN2O2S.ClH/c1-12-4-5-13-16(14,15)9-3-2-7(11)6-8(9)10;/h2-3,6,12-13H,4-5H2,1H3;1H. The van der Waals surface area contributed by atoms with Crippen LogP contribution < -0.4 is 10.0 Å². The van der Waals surface area contributed by atoms with Crippen LogP contribution in [0.1, 0.15) is 0 Å². The van der Waals surface area contributed by atoms with Crippen LogP contribution in [0.2, 0.25) is 5.02 Å². The zero-order valence-corrected chi connectivity index (χ0v) is 13.0. The maximum absolute atomic E-state index is 11.8. The summed E-state index contributed by atoms with van der Waals surface area (Å²) < 4.78 is 26.6. The van der Waals surface area contributed by atoms with E-state index in [1.165, 1.54) is 6.07 Å². The summed E-state index contributed by atoms with van der Waals surface area (Å²) in [6.07, 6.45) is 0. The lowest BCUT2D eigenvalue weighted by Gasteiger charge is -2.08. The van der Waals surface area contributed by atoms with Crippen LogP contribution in [0.4, 0.5) is 0 Å². The summed E-state index contributed by atoms with van der Waals surface area (Å²) in [5.74, 6) is 0. The molecule has 0 saturated heterocycles. The predicted octanol–water partition coefficient (Wildman–Crippen LogP) is 2.02. The van der Waals surface area contributed by atoms with Gasteiger partial charge in [-0.05, 0) is 41.2 Å². The van der Waals surface area contributed by atoms with Gasteiger partial charge in [0.1, 0.15) is 0 Å². The van der Waals surface area contributed by atoms with Crippen LogP contribution >= 0.6 is 39.9 Å². The Bertz CT molecular complexity index is 468. The minimum Gasteiger partial charge on any atom is -0.318 e. The number of benzene rings is 1. The molecule has 98 valence electrons. The van der Waals surface area contributed by atoms with Crippen LogP contribution in [0, 0.1) is 0 Å². The van der Waals surface area contributed by atoms with Crippen LogP contribution in [0.5, 0.6) is 0 Å². The van der Waals surface area contributed by atoms with E-state index in [4.69, 9.17) is 11.6 Å². The molecule has 8 heteroatoms. The van der Waals surface area contributed by atoms with Gasteiger partial charge in [-0.1, -0.05) is 11.6 Å². The maximum atomic E-state index is 11.8. The number of hydrogen-bond acceptors (Lipinski definition) is 3. The van der Waals surface area contributed by atoms with Crippen molar-refractivity contribution in [2.24, 2.45) is 0 Å². The van der Waals surface area contributed by atoms with Crippen molar-refractivity contribution in [1.82, 2.24) is 10.0 Å². The minimum absolute atomic E-state index is 0. The molecule has 1 aromatic rings. The molecule has 0 bridgehead atoms. The molecule has 0 radical (unpaired) electrons. The SMILES string of the molecule is CNCCNS(=O)(=O)c1ccc(Cl)cc1Br.Cl. The summed E-state index contributed by atoms with van der Waals surface area (Å²) >= 11 is 8.91. The van der Waals surface area contributed by atoms with Crippen molar-refractivity contribution in [3.63, 3.8) is 0 Å². The quantitative estimate of drug-likeness (QED) is 0.787. The molecule has 4 nitrogen and oxygen atoms in total. The smallest absolute Gasteiger partial charge is 0.241 e. The van der Waals surface area contributed by atoms with E-state index in [1.807, 2.05) is 0 Å². The van der Waals surface area contributed by atoms with Crippen molar-refractivity contribution in [3.05, 3.63) is 27.7 Å². The van der Waals surface area contributed by atoms with Gasteiger partial charge in [0, 0.05) is 22.6 Å². The number of nitrogens with one attached hydrogen (secondary N) is 2. The second-order valence-corrected chi connectivity index (χ2v) is 6.10. The van der Waals surface area contributed by atoms with E-state index >= 15 is 0 Å². The molecule has 1 aromatic carbocycles. The van der Waals surface area contributed by atoms with Crippen molar-refractivity contribution in [3.8, 4) is 0 Å². The number of rotatable bonds is 5. The fourth-order valence-electron chi connectivity index (χ4n) is 1.08. The van der Waals surface area contributed by atoms with Crippen LogP contribution in [0.15, 0.2) is 27.6 Å². The molecule has 0 aromatic heterocycles. The highest BCUT2D eigenvalue weighted by molar-refractivity contribution is 9.10. The van der Waals surface area contributed by atoms with Crippen molar-refractivity contribution >= 4 is 50.0 Å². The Labute approximate surface area is 121 Å². The first-order chi connectivity index (χ1) is 7.47. The summed E-state index contributed by atoms with van der Waals surface area (Å²) in [4.78, 5) is 0.188. The van der Waals surface area contributed by atoms with Gasteiger partial charge >= 0.3 is 0 Å². The van der Waals surface area contributed by atoms with Gasteiger partial charge in [-0.15, -0.1) is 12.4 Å². The molecule has 17 heavy (non-hydrogen) atoms. The Hall–Kier alpha value is 0.150. The molecular weight excluding hydrogens is 351 g/mol. The van der Waals surface area contributed by atoms with Crippen LogP contribution in [0.3, 0.4) is 0 Å². The highest BCUT2D eigenvalue weighted by Crippen LogP contribution is 2.25. The van der Waals surface area contributed by atoms with Gasteiger partial charge in [0.05, 0.1) is 4.90 Å². The molecule has 0 aliphatic rings. The summed E-state index contributed by atoms with van der Waals surface area (Å²) in [6.45, 7) is 0.915. The van der Waals surface area contributed by atoms with E-state index < -0.39 is 10.0 Å². The summed E-state index contributed by atoms with van der Waals surface area (Å²) in [5.41, 5.74) is 0. The van der Waals surface area contributed by atoms with Crippen molar-refractivity contribution < 1.29 is 8.42 Å². The lowest BCUT2D eigenvalue weighted by Crippen LogP contribution is -2.30. The zero-order valence-electron chi connectivity index (χ0n) is 9.04. The van der Waals surface area contributed by atoms with Crippen LogP contribution in [-0.2, 0) is 10.0 Å². The molecule has 0 heterocycles. The molecule has 0 fully saturated rings. The van der Waals surface area contributed by atoms with Gasteiger partial charge in [-0.25, -0.2) is 13.1 Å². The molecule has 0 saturated carbocycles. The Morgan fingerprint density at radius 2 is 2.00 bits per heavy atom. The summed E-state index contributed by atoms with van der Waals surface area (Å²) in [6, 6.07) is 4.56. The number of sulfonamides is 1. The maximum Gasteiger partial charge on any atom is 0.241 e. The molecule has 2 N–H and O–H groups in total. The number of halogens is 3. The third-order valence-corrected chi connectivity index (χ3v) is 4.52. The van der Waals surface area contributed by atoms with E-state index in [-0.39, 0.29) is 17.3 Å². The zero-order chi connectivity index (χ0) is 12.2. The van der Waals surface area contributed by atoms with E-state index in [1.54, 1.807) is 19.2 Å². The van der Waals surface area contributed by atoms with E-state index in [0.29, 0.717) is 22.6 Å². The van der Waals surface area contributed by atoms with Crippen molar-refractivity contribution in [2.75, 3.05) is 20.1 Å². The van der Waals surface area contributed by atoms with Gasteiger partial charge < -0.3 is 5.32 Å². The van der Waals surface area contributed by atoms with E-state index in [2.05, 4.69) is 26.0 Å². The minimum atomic E-state index is -3.48. The summed E-state index contributed by atoms with van der Waals surface area (Å²) in [7, 11) is -1.72. The third-order valence-electron chi connectivity index (χ3n) is 1.85. The fraction of sp³-hybridized carbons (Fsp3) is 0.333. The molecule has 0 amide bonds. The Morgan fingerprint density at radius 1 is 1.35 bits per heavy atom. The lowest BCUT2D eigenvalue weighted by molar-refractivity contribution is 0.579. The second kappa shape index (κ2) is 7.56. The van der Waals surface area contributed by atoms with Gasteiger partial charge in [0.25, 0.3) is 0 Å². The second-order valence-electron chi connectivity index (χ2n) is 3.08. The monoisotopic (exact) mass is 362 g/mol. The molecule has 0 atom stereocenters. The highest BCUT2D eigenvalue weighted by Gasteiger charge is 2.16. The summed E-state index contributed by atoms with van der Waals surface area (Å²) in [5, 5.41) is 3.34. The number of hydrogen-bond donors (Lipinski definition) is 2. The molecule has 0 aliphatic heterocycles. The number of likely N-dealkylation sites (N-methyl/N-ethyl adjacent to an activating group) is 1. The predicted molar refractivity (Wildman–Crippen MR) is 75.5 cm³/mol. The van der Waals surface area contributed by atoms with E-state index in [0.717, 1.165) is 0 Å². The first-order valence-electron chi connectivity index (χ1n) is 4.56. The van der Waals surface area contributed by atoms with Gasteiger partial charge in [-0.2, -0.15) is 0 Å². The Balaban J connectivity index is 0.00000256. The topological polar surface area (TPSA) is 58.2 Å². The normalized spacial score (nSPS) is 11.0. The molecule has 0 spiro atoms. The molecular formula is C9H13BrCl2N2O2S. The first-order valence-corrected chi connectivity index (χ1v) is 7.22. The van der Waals surface area contributed by atoms with E-state index in [9.17, 15) is 8.42 Å². The molecule has 0 aliphatic carbocycles. The average Bonchev–Trinajstić information content (AvgIpc) is 2.17.